The Morgan fingerprint density at radius 2 is 1.95 bits per heavy atom. The highest BCUT2D eigenvalue weighted by atomic mass is 35.5. The van der Waals surface area contributed by atoms with E-state index in [9.17, 15) is 14.7 Å². The summed E-state index contributed by atoms with van der Waals surface area (Å²) < 4.78 is 0. The van der Waals surface area contributed by atoms with Gasteiger partial charge in [-0.15, -0.1) is 0 Å². The summed E-state index contributed by atoms with van der Waals surface area (Å²) in [4.78, 5) is 23.4. The van der Waals surface area contributed by atoms with Gasteiger partial charge in [-0.2, -0.15) is 0 Å². The standard InChI is InChI=1S/C16H22ClNO3/c1-10-12(6-5-7-13(10)17)14(19)18-9-11(15(20)21)8-16(2,3)4/h5-7,11H,8-9H2,1-4H3,(H,18,19)(H,20,21). The molecule has 116 valence electrons. The molecule has 0 aliphatic rings. The van der Waals surface area contributed by atoms with E-state index >= 15 is 0 Å². The first-order chi connectivity index (χ1) is 9.61. The molecule has 0 spiro atoms. The molecule has 4 nitrogen and oxygen atoms in total. The minimum Gasteiger partial charge on any atom is -0.481 e. The molecule has 0 heterocycles. The maximum Gasteiger partial charge on any atom is 0.308 e. The predicted octanol–water partition coefficient (Wildman–Crippen LogP) is 3.52. The van der Waals surface area contributed by atoms with Crippen LogP contribution in [0.2, 0.25) is 5.02 Å². The molecular weight excluding hydrogens is 290 g/mol. The van der Waals surface area contributed by atoms with Crippen molar-refractivity contribution in [1.82, 2.24) is 5.32 Å². The fraction of sp³-hybridized carbons (Fsp3) is 0.500. The Morgan fingerprint density at radius 1 is 1.33 bits per heavy atom. The number of aliphatic carboxylic acids is 1. The molecule has 0 saturated heterocycles. The van der Waals surface area contributed by atoms with Crippen molar-refractivity contribution in [3.8, 4) is 0 Å². The van der Waals surface area contributed by atoms with Crippen molar-refractivity contribution in [2.75, 3.05) is 6.54 Å². The van der Waals surface area contributed by atoms with E-state index in [-0.39, 0.29) is 17.9 Å². The Morgan fingerprint density at radius 3 is 2.48 bits per heavy atom. The van der Waals surface area contributed by atoms with Crippen LogP contribution in [0.4, 0.5) is 0 Å². The fourth-order valence-electron chi connectivity index (χ4n) is 2.15. The number of carboxylic acid groups (broad SMARTS) is 1. The number of carbonyl (C=O) groups excluding carboxylic acids is 1. The molecule has 0 fully saturated rings. The van der Waals surface area contributed by atoms with E-state index in [2.05, 4.69) is 5.32 Å². The van der Waals surface area contributed by atoms with Crippen molar-refractivity contribution in [1.29, 1.82) is 0 Å². The number of carbonyl (C=O) groups is 2. The Kier molecular flexibility index (Phi) is 5.78. The van der Waals surface area contributed by atoms with Crippen molar-refractivity contribution < 1.29 is 14.7 Å². The molecule has 0 radical (unpaired) electrons. The summed E-state index contributed by atoms with van der Waals surface area (Å²) in [6, 6.07) is 5.09. The van der Waals surface area contributed by atoms with Gasteiger partial charge in [-0.25, -0.2) is 0 Å². The van der Waals surface area contributed by atoms with Gasteiger partial charge in [-0.1, -0.05) is 38.4 Å². The van der Waals surface area contributed by atoms with E-state index in [4.69, 9.17) is 11.6 Å². The van der Waals surface area contributed by atoms with Gasteiger partial charge >= 0.3 is 5.97 Å². The van der Waals surface area contributed by atoms with Crippen LogP contribution in [-0.4, -0.2) is 23.5 Å². The monoisotopic (exact) mass is 311 g/mol. The van der Waals surface area contributed by atoms with Gasteiger partial charge in [0.1, 0.15) is 0 Å². The second kappa shape index (κ2) is 6.94. The third-order valence-corrected chi connectivity index (χ3v) is 3.64. The summed E-state index contributed by atoms with van der Waals surface area (Å²) in [5, 5.41) is 12.5. The number of halogens is 1. The first kappa shape index (κ1) is 17.5. The highest BCUT2D eigenvalue weighted by Crippen LogP contribution is 2.24. The average Bonchev–Trinajstić information content (AvgIpc) is 2.35. The molecule has 1 unspecified atom stereocenters. The Bertz CT molecular complexity index is 535. The largest absolute Gasteiger partial charge is 0.481 e. The van der Waals surface area contributed by atoms with Crippen LogP contribution in [0.5, 0.6) is 0 Å². The van der Waals surface area contributed by atoms with Crippen LogP contribution in [0.3, 0.4) is 0 Å². The van der Waals surface area contributed by atoms with Crippen LogP contribution in [0.1, 0.15) is 43.1 Å². The second-order valence-corrected chi connectivity index (χ2v) is 6.83. The zero-order valence-corrected chi connectivity index (χ0v) is 13.6. The van der Waals surface area contributed by atoms with Crippen molar-refractivity contribution in [2.45, 2.75) is 34.1 Å². The Labute approximate surface area is 130 Å². The zero-order valence-electron chi connectivity index (χ0n) is 12.9. The number of hydrogen-bond acceptors (Lipinski definition) is 2. The summed E-state index contributed by atoms with van der Waals surface area (Å²) in [6.45, 7) is 7.81. The first-order valence-corrected chi connectivity index (χ1v) is 7.26. The number of benzene rings is 1. The SMILES string of the molecule is Cc1c(Cl)cccc1C(=O)NCC(CC(C)(C)C)C(=O)O. The predicted molar refractivity (Wildman–Crippen MR) is 83.7 cm³/mol. The molecule has 5 heteroatoms. The molecular formula is C16H22ClNO3. The van der Waals surface area contributed by atoms with Gasteiger partial charge in [0.2, 0.25) is 0 Å². The lowest BCUT2D eigenvalue weighted by molar-refractivity contribution is -0.142. The fourth-order valence-corrected chi connectivity index (χ4v) is 2.33. The van der Waals surface area contributed by atoms with Crippen molar-refractivity contribution in [3.63, 3.8) is 0 Å². The quantitative estimate of drug-likeness (QED) is 0.874. The smallest absolute Gasteiger partial charge is 0.308 e. The number of amides is 1. The molecule has 1 aromatic rings. The molecule has 2 N–H and O–H groups in total. The van der Waals surface area contributed by atoms with Crippen molar-refractivity contribution in [3.05, 3.63) is 34.3 Å². The number of carboxylic acids is 1. The van der Waals surface area contributed by atoms with Crippen LogP contribution in [-0.2, 0) is 4.79 Å². The van der Waals surface area contributed by atoms with Crippen LogP contribution in [0.15, 0.2) is 18.2 Å². The topological polar surface area (TPSA) is 66.4 Å². The molecule has 1 amide bonds. The van der Waals surface area contributed by atoms with Gasteiger partial charge in [0, 0.05) is 17.1 Å². The number of rotatable bonds is 5. The van der Waals surface area contributed by atoms with Crippen LogP contribution in [0, 0.1) is 18.3 Å². The lowest BCUT2D eigenvalue weighted by atomic mass is 9.84. The third kappa shape index (κ3) is 5.38. The van der Waals surface area contributed by atoms with E-state index < -0.39 is 11.9 Å². The summed E-state index contributed by atoms with van der Waals surface area (Å²) in [6.07, 6.45) is 0.497. The minimum atomic E-state index is -0.895. The maximum atomic E-state index is 12.1. The normalized spacial score (nSPS) is 12.8. The van der Waals surface area contributed by atoms with E-state index in [0.717, 1.165) is 0 Å². The number of nitrogens with one attached hydrogen (secondary N) is 1. The summed E-state index contributed by atoms with van der Waals surface area (Å²) in [7, 11) is 0. The summed E-state index contributed by atoms with van der Waals surface area (Å²) in [5.41, 5.74) is 1.06. The van der Waals surface area contributed by atoms with E-state index in [1.54, 1.807) is 25.1 Å². The van der Waals surface area contributed by atoms with Crippen molar-refractivity contribution >= 4 is 23.5 Å². The zero-order chi connectivity index (χ0) is 16.2. The lowest BCUT2D eigenvalue weighted by Gasteiger charge is -2.23. The van der Waals surface area contributed by atoms with Gasteiger partial charge in [-0.05, 0) is 36.5 Å². The summed E-state index contributed by atoms with van der Waals surface area (Å²) >= 11 is 5.98. The van der Waals surface area contributed by atoms with Gasteiger partial charge in [0.15, 0.2) is 0 Å². The highest BCUT2D eigenvalue weighted by molar-refractivity contribution is 6.31. The molecule has 0 bridgehead atoms. The maximum absolute atomic E-state index is 12.1. The molecule has 0 saturated carbocycles. The average molecular weight is 312 g/mol. The molecule has 1 atom stereocenters. The Hall–Kier alpha value is -1.55. The second-order valence-electron chi connectivity index (χ2n) is 6.42. The molecule has 1 aromatic carbocycles. The molecule has 0 aliphatic heterocycles. The first-order valence-electron chi connectivity index (χ1n) is 6.88. The van der Waals surface area contributed by atoms with Crippen LogP contribution in [0.25, 0.3) is 0 Å². The van der Waals surface area contributed by atoms with E-state index in [1.807, 2.05) is 20.8 Å². The van der Waals surface area contributed by atoms with Crippen molar-refractivity contribution in [2.24, 2.45) is 11.3 Å². The molecule has 0 aromatic heterocycles. The third-order valence-electron chi connectivity index (χ3n) is 3.23. The highest BCUT2D eigenvalue weighted by Gasteiger charge is 2.25. The lowest BCUT2D eigenvalue weighted by Crippen LogP contribution is -2.35. The van der Waals surface area contributed by atoms with Gasteiger partial charge < -0.3 is 10.4 Å². The van der Waals surface area contributed by atoms with Gasteiger partial charge in [0.25, 0.3) is 5.91 Å². The van der Waals surface area contributed by atoms with Gasteiger partial charge in [-0.3, -0.25) is 9.59 Å². The number of hydrogen-bond donors (Lipinski definition) is 2. The molecule has 0 aliphatic carbocycles. The Balaban J connectivity index is 2.74. The van der Waals surface area contributed by atoms with E-state index in [0.29, 0.717) is 22.6 Å². The van der Waals surface area contributed by atoms with E-state index in [1.165, 1.54) is 0 Å². The van der Waals surface area contributed by atoms with Gasteiger partial charge in [0.05, 0.1) is 5.92 Å². The minimum absolute atomic E-state index is 0.109. The van der Waals surface area contributed by atoms with Crippen LogP contribution >= 0.6 is 11.6 Å². The van der Waals surface area contributed by atoms with Crippen LogP contribution < -0.4 is 5.32 Å². The molecule has 1 rings (SSSR count). The summed E-state index contributed by atoms with van der Waals surface area (Å²) in [5.74, 6) is -1.79. The molecule has 21 heavy (non-hydrogen) atoms.